The average Bonchev–Trinajstić information content (AvgIpc) is 2.87. The van der Waals surface area contributed by atoms with Gasteiger partial charge in [0.15, 0.2) is 0 Å². The summed E-state index contributed by atoms with van der Waals surface area (Å²) in [6, 6.07) is 7.88. The number of benzene rings is 1. The fourth-order valence-electron chi connectivity index (χ4n) is 2.24. The number of nitrogens with one attached hydrogen (secondary N) is 1. The summed E-state index contributed by atoms with van der Waals surface area (Å²) in [5.74, 6) is -0.0524. The number of carbonyl (C=O) groups is 1. The number of hydrogen-bond acceptors (Lipinski definition) is 3. The van der Waals surface area contributed by atoms with Crippen LogP contribution in [0.4, 0.5) is 0 Å². The van der Waals surface area contributed by atoms with Crippen LogP contribution in [0.1, 0.15) is 31.4 Å². The molecule has 0 spiro atoms. The van der Waals surface area contributed by atoms with E-state index in [4.69, 9.17) is 10.5 Å². The van der Waals surface area contributed by atoms with Crippen LogP contribution < -0.4 is 11.1 Å². The minimum atomic E-state index is -0.358. The van der Waals surface area contributed by atoms with Crippen LogP contribution in [0.3, 0.4) is 0 Å². The van der Waals surface area contributed by atoms with Crippen molar-refractivity contribution in [1.29, 1.82) is 0 Å². The molecule has 1 aromatic rings. The second-order valence-corrected chi connectivity index (χ2v) is 5.76. The standard InChI is InChI=1S/C14H19BrN2O2.ClH/c1-9(10-3-2-4-11(15)7-10)17-14(18)13-6-5-12(8-16)19-13;/h2-4,7,9,12-13H,5-6,8,16H2,1H3,(H,17,18);1H/t9?,12-,13+;/m1./s1. The predicted molar refractivity (Wildman–Crippen MR) is 84.9 cm³/mol. The van der Waals surface area contributed by atoms with E-state index in [0.717, 1.165) is 22.9 Å². The van der Waals surface area contributed by atoms with Crippen LogP contribution in [0.25, 0.3) is 0 Å². The van der Waals surface area contributed by atoms with Gasteiger partial charge in [-0.25, -0.2) is 0 Å². The summed E-state index contributed by atoms with van der Waals surface area (Å²) in [4.78, 5) is 12.1. The molecule has 0 bridgehead atoms. The van der Waals surface area contributed by atoms with Crippen molar-refractivity contribution in [3.8, 4) is 0 Å². The second kappa shape index (κ2) is 7.98. The van der Waals surface area contributed by atoms with Crippen LogP contribution in [0.5, 0.6) is 0 Å². The van der Waals surface area contributed by atoms with Crippen LogP contribution in [0.2, 0.25) is 0 Å². The molecule has 0 aliphatic carbocycles. The van der Waals surface area contributed by atoms with Gasteiger partial charge >= 0.3 is 0 Å². The Morgan fingerprint density at radius 1 is 1.55 bits per heavy atom. The number of ether oxygens (including phenoxy) is 1. The summed E-state index contributed by atoms with van der Waals surface area (Å²) in [7, 11) is 0. The lowest BCUT2D eigenvalue weighted by molar-refractivity contribution is -0.132. The number of rotatable bonds is 4. The molecule has 1 unspecified atom stereocenters. The maximum Gasteiger partial charge on any atom is 0.249 e. The number of halogens is 2. The molecule has 20 heavy (non-hydrogen) atoms. The lowest BCUT2D eigenvalue weighted by Gasteiger charge is -2.18. The summed E-state index contributed by atoms with van der Waals surface area (Å²) in [6.07, 6.45) is 1.28. The summed E-state index contributed by atoms with van der Waals surface area (Å²) in [5.41, 5.74) is 6.61. The molecule has 4 nitrogen and oxygen atoms in total. The minimum Gasteiger partial charge on any atom is -0.364 e. The Morgan fingerprint density at radius 3 is 2.90 bits per heavy atom. The normalized spacial score (nSPS) is 22.9. The van der Waals surface area contributed by atoms with E-state index in [1.54, 1.807) is 0 Å². The van der Waals surface area contributed by atoms with Gasteiger partial charge in [-0.2, -0.15) is 0 Å². The van der Waals surface area contributed by atoms with Gasteiger partial charge in [-0.3, -0.25) is 4.79 Å². The van der Waals surface area contributed by atoms with Gasteiger partial charge in [-0.05, 0) is 37.5 Å². The second-order valence-electron chi connectivity index (χ2n) is 4.85. The third-order valence-electron chi connectivity index (χ3n) is 3.37. The Labute approximate surface area is 134 Å². The zero-order chi connectivity index (χ0) is 13.8. The Hall–Kier alpha value is -0.620. The number of carbonyl (C=O) groups excluding carboxylic acids is 1. The third-order valence-corrected chi connectivity index (χ3v) is 3.86. The van der Waals surface area contributed by atoms with Crippen LogP contribution in [-0.4, -0.2) is 24.7 Å². The smallest absolute Gasteiger partial charge is 0.249 e. The quantitative estimate of drug-likeness (QED) is 0.864. The average molecular weight is 364 g/mol. The lowest BCUT2D eigenvalue weighted by Crippen LogP contribution is -2.36. The highest BCUT2D eigenvalue weighted by atomic mass is 79.9. The van der Waals surface area contributed by atoms with Crippen LogP contribution in [-0.2, 0) is 9.53 Å². The van der Waals surface area contributed by atoms with Crippen molar-refractivity contribution in [3.63, 3.8) is 0 Å². The molecule has 1 aliphatic heterocycles. The molecule has 1 aromatic carbocycles. The highest BCUT2D eigenvalue weighted by Crippen LogP contribution is 2.21. The Balaban J connectivity index is 0.00000200. The SMILES string of the molecule is CC(NC(=O)[C@@H]1CC[C@H](CN)O1)c1cccc(Br)c1.Cl. The summed E-state index contributed by atoms with van der Waals surface area (Å²) < 4.78 is 6.59. The molecular weight excluding hydrogens is 344 g/mol. The number of nitrogens with two attached hydrogens (primary N) is 1. The van der Waals surface area contributed by atoms with Gasteiger partial charge in [0.25, 0.3) is 0 Å². The number of hydrogen-bond donors (Lipinski definition) is 2. The van der Waals surface area contributed by atoms with Crippen molar-refractivity contribution in [1.82, 2.24) is 5.32 Å². The van der Waals surface area contributed by atoms with Crippen molar-refractivity contribution in [2.24, 2.45) is 5.73 Å². The molecule has 0 aromatic heterocycles. The Kier molecular flexibility index (Phi) is 6.95. The van der Waals surface area contributed by atoms with Gasteiger partial charge in [0.1, 0.15) is 6.10 Å². The molecule has 1 aliphatic rings. The van der Waals surface area contributed by atoms with E-state index in [1.165, 1.54) is 0 Å². The molecule has 3 atom stereocenters. The van der Waals surface area contributed by atoms with Gasteiger partial charge in [0, 0.05) is 11.0 Å². The predicted octanol–water partition coefficient (Wildman–Crippen LogP) is 2.55. The molecule has 0 radical (unpaired) electrons. The zero-order valence-electron chi connectivity index (χ0n) is 11.3. The molecule has 0 saturated carbocycles. The first-order valence-electron chi connectivity index (χ1n) is 6.51. The maximum atomic E-state index is 12.1. The molecule has 1 saturated heterocycles. The topological polar surface area (TPSA) is 64.4 Å². The minimum absolute atomic E-state index is 0. The van der Waals surface area contributed by atoms with Gasteiger partial charge in [-0.1, -0.05) is 28.1 Å². The fourth-order valence-corrected chi connectivity index (χ4v) is 2.65. The molecule has 1 amide bonds. The first-order chi connectivity index (χ1) is 9.10. The van der Waals surface area contributed by atoms with E-state index in [-0.39, 0.29) is 36.6 Å². The van der Waals surface area contributed by atoms with E-state index in [1.807, 2.05) is 31.2 Å². The monoisotopic (exact) mass is 362 g/mol. The molecular formula is C14H20BrClN2O2. The van der Waals surface area contributed by atoms with Crippen molar-refractivity contribution >= 4 is 34.2 Å². The van der Waals surface area contributed by atoms with Crippen molar-refractivity contribution in [2.75, 3.05) is 6.54 Å². The van der Waals surface area contributed by atoms with E-state index >= 15 is 0 Å². The van der Waals surface area contributed by atoms with Crippen molar-refractivity contribution in [2.45, 2.75) is 38.0 Å². The van der Waals surface area contributed by atoms with E-state index in [0.29, 0.717) is 6.54 Å². The summed E-state index contributed by atoms with van der Waals surface area (Å²) in [5, 5.41) is 2.98. The molecule has 3 N–H and O–H groups in total. The molecule has 2 rings (SSSR count). The van der Waals surface area contributed by atoms with Gasteiger partial charge in [0.05, 0.1) is 12.1 Å². The first kappa shape index (κ1) is 17.4. The Bertz CT molecular complexity index is 459. The van der Waals surface area contributed by atoms with Crippen molar-refractivity contribution in [3.05, 3.63) is 34.3 Å². The van der Waals surface area contributed by atoms with Crippen LogP contribution in [0, 0.1) is 0 Å². The largest absolute Gasteiger partial charge is 0.364 e. The van der Waals surface area contributed by atoms with Crippen molar-refractivity contribution < 1.29 is 9.53 Å². The van der Waals surface area contributed by atoms with Gasteiger partial charge in [0.2, 0.25) is 5.91 Å². The van der Waals surface area contributed by atoms with E-state index in [2.05, 4.69) is 21.2 Å². The highest BCUT2D eigenvalue weighted by Gasteiger charge is 2.30. The summed E-state index contributed by atoms with van der Waals surface area (Å²) in [6.45, 7) is 2.44. The van der Waals surface area contributed by atoms with Crippen LogP contribution in [0.15, 0.2) is 28.7 Å². The van der Waals surface area contributed by atoms with Crippen LogP contribution >= 0.6 is 28.3 Å². The first-order valence-corrected chi connectivity index (χ1v) is 7.31. The highest BCUT2D eigenvalue weighted by molar-refractivity contribution is 9.10. The third kappa shape index (κ3) is 4.45. The molecule has 1 fully saturated rings. The van der Waals surface area contributed by atoms with E-state index in [9.17, 15) is 4.79 Å². The van der Waals surface area contributed by atoms with E-state index < -0.39 is 0 Å². The number of amides is 1. The van der Waals surface area contributed by atoms with Gasteiger partial charge in [-0.15, -0.1) is 12.4 Å². The zero-order valence-corrected chi connectivity index (χ0v) is 13.7. The molecule has 1 heterocycles. The molecule has 6 heteroatoms. The Morgan fingerprint density at radius 2 is 2.30 bits per heavy atom. The summed E-state index contributed by atoms with van der Waals surface area (Å²) >= 11 is 3.43. The molecule has 112 valence electrons. The lowest BCUT2D eigenvalue weighted by atomic mass is 10.1. The van der Waals surface area contributed by atoms with Gasteiger partial charge < -0.3 is 15.8 Å². The fraction of sp³-hybridized carbons (Fsp3) is 0.500. The maximum absolute atomic E-state index is 12.1.